The zero-order valence-electron chi connectivity index (χ0n) is 6.35. The minimum atomic E-state index is -0.00870. The van der Waals surface area contributed by atoms with E-state index in [1.165, 1.54) is 23.1 Å². The molecular formula is C7H6N2OS2. The first-order valence-electron chi connectivity index (χ1n) is 3.32. The monoisotopic (exact) mass is 198 g/mol. The maximum atomic E-state index is 11.3. The maximum absolute atomic E-state index is 11.3. The van der Waals surface area contributed by atoms with Gasteiger partial charge in [0, 0.05) is 17.6 Å². The van der Waals surface area contributed by atoms with Crippen LogP contribution in [0.3, 0.4) is 0 Å². The lowest BCUT2D eigenvalue weighted by atomic mass is 10.6. The Labute approximate surface area is 77.1 Å². The summed E-state index contributed by atoms with van der Waals surface area (Å²) >= 11 is 2.95. The van der Waals surface area contributed by atoms with Crippen molar-refractivity contribution in [2.24, 2.45) is 0 Å². The molecule has 0 aliphatic rings. The highest BCUT2D eigenvalue weighted by molar-refractivity contribution is 7.98. The number of thiazole rings is 1. The van der Waals surface area contributed by atoms with Gasteiger partial charge in [-0.1, -0.05) is 0 Å². The molecule has 0 saturated heterocycles. The van der Waals surface area contributed by atoms with Crippen LogP contribution in [0, 0.1) is 0 Å². The highest BCUT2D eigenvalue weighted by Gasteiger charge is 2.00. The van der Waals surface area contributed by atoms with Crippen molar-refractivity contribution in [1.82, 2.24) is 9.38 Å². The summed E-state index contributed by atoms with van der Waals surface area (Å²) in [6, 6.07) is 1.55. The zero-order valence-corrected chi connectivity index (χ0v) is 7.98. The van der Waals surface area contributed by atoms with E-state index in [2.05, 4.69) is 4.98 Å². The summed E-state index contributed by atoms with van der Waals surface area (Å²) in [5.41, 5.74) is -0.00870. The predicted molar refractivity (Wildman–Crippen MR) is 51.1 cm³/mol. The normalized spacial score (nSPS) is 10.8. The molecule has 12 heavy (non-hydrogen) atoms. The highest BCUT2D eigenvalue weighted by atomic mass is 32.2. The van der Waals surface area contributed by atoms with Gasteiger partial charge in [-0.15, -0.1) is 23.1 Å². The summed E-state index contributed by atoms with van der Waals surface area (Å²) in [6.45, 7) is 0. The van der Waals surface area contributed by atoms with Gasteiger partial charge in [-0.25, -0.2) is 4.98 Å². The molecule has 0 aliphatic carbocycles. The molecule has 3 nitrogen and oxygen atoms in total. The van der Waals surface area contributed by atoms with Crippen LogP contribution in [0.2, 0.25) is 0 Å². The topological polar surface area (TPSA) is 34.4 Å². The van der Waals surface area contributed by atoms with E-state index in [4.69, 9.17) is 0 Å². The lowest BCUT2D eigenvalue weighted by Crippen LogP contribution is -2.10. The largest absolute Gasteiger partial charge is 0.269 e. The number of rotatable bonds is 1. The van der Waals surface area contributed by atoms with E-state index in [1.807, 2.05) is 11.6 Å². The molecule has 0 aliphatic heterocycles. The van der Waals surface area contributed by atoms with E-state index in [1.54, 1.807) is 16.7 Å². The molecule has 0 unspecified atom stereocenters. The van der Waals surface area contributed by atoms with Crippen LogP contribution >= 0.6 is 23.1 Å². The minimum Gasteiger partial charge on any atom is -0.269 e. The molecular weight excluding hydrogens is 192 g/mol. The Morgan fingerprint density at radius 1 is 1.67 bits per heavy atom. The van der Waals surface area contributed by atoms with Crippen molar-refractivity contribution >= 4 is 28.1 Å². The number of thioether (sulfide) groups is 1. The van der Waals surface area contributed by atoms with Crippen LogP contribution in [0.1, 0.15) is 0 Å². The molecule has 0 aromatic carbocycles. The van der Waals surface area contributed by atoms with Gasteiger partial charge >= 0.3 is 0 Å². The van der Waals surface area contributed by atoms with Crippen molar-refractivity contribution in [3.63, 3.8) is 0 Å². The van der Waals surface area contributed by atoms with Gasteiger partial charge in [0.2, 0.25) is 0 Å². The van der Waals surface area contributed by atoms with Crippen LogP contribution in [0.5, 0.6) is 0 Å². The van der Waals surface area contributed by atoms with Gasteiger partial charge in [0.1, 0.15) is 5.03 Å². The Balaban J connectivity index is 2.84. The van der Waals surface area contributed by atoms with E-state index in [9.17, 15) is 4.79 Å². The van der Waals surface area contributed by atoms with Gasteiger partial charge in [0.25, 0.3) is 5.56 Å². The Hall–Kier alpha value is -0.810. The second-order valence-corrected chi connectivity index (χ2v) is 3.89. The Morgan fingerprint density at radius 3 is 3.25 bits per heavy atom. The summed E-state index contributed by atoms with van der Waals surface area (Å²) in [7, 11) is 0. The van der Waals surface area contributed by atoms with E-state index in [0.29, 0.717) is 0 Å². The van der Waals surface area contributed by atoms with E-state index < -0.39 is 0 Å². The molecule has 2 aromatic heterocycles. The second-order valence-electron chi connectivity index (χ2n) is 2.19. The quantitative estimate of drug-likeness (QED) is 0.514. The minimum absolute atomic E-state index is 0.00870. The van der Waals surface area contributed by atoms with Crippen LogP contribution in [0.15, 0.2) is 27.5 Å². The van der Waals surface area contributed by atoms with Crippen molar-refractivity contribution in [2.75, 3.05) is 6.26 Å². The molecule has 5 heteroatoms. The molecule has 0 spiro atoms. The van der Waals surface area contributed by atoms with Crippen molar-refractivity contribution in [2.45, 2.75) is 5.03 Å². The van der Waals surface area contributed by atoms with Crippen LogP contribution in [-0.4, -0.2) is 15.6 Å². The molecule has 2 aromatic rings. The Kier molecular flexibility index (Phi) is 1.90. The van der Waals surface area contributed by atoms with E-state index in [0.717, 1.165) is 9.99 Å². The fraction of sp³-hybridized carbons (Fsp3) is 0.143. The molecule has 0 fully saturated rings. The molecule has 0 saturated carbocycles. The second kappa shape index (κ2) is 2.91. The van der Waals surface area contributed by atoms with Gasteiger partial charge in [-0.05, 0) is 6.26 Å². The summed E-state index contributed by atoms with van der Waals surface area (Å²) in [6.07, 6.45) is 3.64. The number of hydrogen-bond donors (Lipinski definition) is 0. The van der Waals surface area contributed by atoms with Crippen molar-refractivity contribution in [3.8, 4) is 0 Å². The van der Waals surface area contributed by atoms with Gasteiger partial charge < -0.3 is 0 Å². The van der Waals surface area contributed by atoms with Crippen LogP contribution in [-0.2, 0) is 0 Å². The molecule has 2 heterocycles. The van der Waals surface area contributed by atoms with Gasteiger partial charge in [-0.2, -0.15) is 0 Å². The number of aromatic nitrogens is 2. The third-order valence-corrected chi connectivity index (χ3v) is 2.87. The smallest absolute Gasteiger partial charge is 0.259 e. The third-order valence-electron chi connectivity index (χ3n) is 1.49. The number of fused-ring (bicyclic) bond motifs is 1. The van der Waals surface area contributed by atoms with Gasteiger partial charge in [0.05, 0.1) is 0 Å². The Morgan fingerprint density at radius 2 is 2.50 bits per heavy atom. The summed E-state index contributed by atoms with van der Waals surface area (Å²) in [5.74, 6) is 0. The first-order chi connectivity index (χ1) is 5.81. The summed E-state index contributed by atoms with van der Waals surface area (Å²) < 4.78 is 1.55. The lowest BCUT2D eigenvalue weighted by Gasteiger charge is -1.94. The fourth-order valence-electron chi connectivity index (χ4n) is 0.927. The van der Waals surface area contributed by atoms with E-state index >= 15 is 0 Å². The zero-order chi connectivity index (χ0) is 8.55. The summed E-state index contributed by atoms with van der Waals surface area (Å²) in [5, 5.41) is 2.64. The average Bonchev–Trinajstić information content (AvgIpc) is 2.52. The molecule has 0 bridgehead atoms. The fourth-order valence-corrected chi connectivity index (χ4v) is 2.10. The molecule has 0 amide bonds. The lowest BCUT2D eigenvalue weighted by molar-refractivity contribution is 1.01. The Bertz CT molecular complexity index is 460. The molecule has 0 N–H and O–H groups in total. The standard InChI is InChI=1S/C7H6N2OS2/c1-11-5-4-6(10)9-2-3-12-7(9)8-5/h2-4H,1H3. The van der Waals surface area contributed by atoms with Gasteiger partial charge in [-0.3, -0.25) is 9.20 Å². The summed E-state index contributed by atoms with van der Waals surface area (Å²) in [4.78, 5) is 16.4. The highest BCUT2D eigenvalue weighted by Crippen LogP contribution is 2.12. The average molecular weight is 198 g/mol. The number of nitrogens with zero attached hydrogens (tertiary/aromatic N) is 2. The SMILES string of the molecule is CSc1cc(=O)n2ccsc2n1. The van der Waals surface area contributed by atoms with Crippen molar-refractivity contribution in [3.05, 3.63) is 28.0 Å². The molecule has 2 rings (SSSR count). The van der Waals surface area contributed by atoms with E-state index in [-0.39, 0.29) is 5.56 Å². The maximum Gasteiger partial charge on any atom is 0.259 e. The molecule has 0 atom stereocenters. The van der Waals surface area contributed by atoms with Crippen LogP contribution in [0.25, 0.3) is 4.96 Å². The predicted octanol–water partition coefficient (Wildman–Crippen LogP) is 1.48. The third kappa shape index (κ3) is 1.15. The number of hydrogen-bond acceptors (Lipinski definition) is 4. The molecule has 62 valence electrons. The first kappa shape index (κ1) is 7.82. The van der Waals surface area contributed by atoms with Crippen molar-refractivity contribution in [1.29, 1.82) is 0 Å². The van der Waals surface area contributed by atoms with Gasteiger partial charge in [0.15, 0.2) is 4.96 Å². The van der Waals surface area contributed by atoms with Crippen LogP contribution in [0.4, 0.5) is 0 Å². The van der Waals surface area contributed by atoms with Crippen molar-refractivity contribution < 1.29 is 0 Å². The first-order valence-corrected chi connectivity index (χ1v) is 5.42. The molecule has 0 radical (unpaired) electrons. The van der Waals surface area contributed by atoms with Crippen LogP contribution < -0.4 is 5.56 Å².